The smallest absolute Gasteiger partial charge is 0.253 e. The zero-order valence-corrected chi connectivity index (χ0v) is 16.8. The lowest BCUT2D eigenvalue weighted by Gasteiger charge is -2.31. The largest absolute Gasteiger partial charge is 0.355 e. The number of carbonyl (C=O) groups excluding carboxylic acids is 2. The van der Waals surface area contributed by atoms with Crippen LogP contribution in [0.5, 0.6) is 0 Å². The van der Waals surface area contributed by atoms with Gasteiger partial charge < -0.3 is 10.2 Å². The van der Waals surface area contributed by atoms with E-state index in [9.17, 15) is 14.0 Å². The minimum Gasteiger partial charge on any atom is -0.355 e. The second-order valence-electron chi connectivity index (χ2n) is 7.03. The number of aryl methyl sites for hydroxylation is 1. The number of carbonyl (C=O) groups is 2. The van der Waals surface area contributed by atoms with Gasteiger partial charge in [-0.25, -0.2) is 4.39 Å². The van der Waals surface area contributed by atoms with E-state index >= 15 is 0 Å². The predicted octanol–water partition coefficient (Wildman–Crippen LogP) is 3.89. The van der Waals surface area contributed by atoms with Crippen molar-refractivity contribution < 1.29 is 14.0 Å². The first kappa shape index (κ1) is 20.4. The van der Waals surface area contributed by atoms with Gasteiger partial charge in [0.15, 0.2) is 0 Å². The van der Waals surface area contributed by atoms with E-state index in [1.165, 1.54) is 34.7 Å². The molecule has 0 spiro atoms. The summed E-state index contributed by atoms with van der Waals surface area (Å²) in [5.41, 5.74) is 1.72. The Hall–Kier alpha value is -2.34. The fourth-order valence-corrected chi connectivity index (χ4v) is 4.01. The number of benzene rings is 2. The van der Waals surface area contributed by atoms with Gasteiger partial charge in [0.25, 0.3) is 5.91 Å². The summed E-state index contributed by atoms with van der Waals surface area (Å²) in [4.78, 5) is 27.8. The van der Waals surface area contributed by atoms with E-state index in [4.69, 9.17) is 0 Å². The number of thioether (sulfide) groups is 1. The van der Waals surface area contributed by atoms with Crippen LogP contribution in [0.4, 0.5) is 4.39 Å². The van der Waals surface area contributed by atoms with Crippen LogP contribution in [-0.2, 0) is 4.79 Å². The molecule has 3 rings (SSSR count). The van der Waals surface area contributed by atoms with E-state index in [2.05, 4.69) is 36.5 Å². The average Bonchev–Trinajstić information content (AvgIpc) is 2.72. The molecule has 148 valence electrons. The van der Waals surface area contributed by atoms with Crippen LogP contribution < -0.4 is 5.32 Å². The van der Waals surface area contributed by atoms with Gasteiger partial charge in [-0.1, -0.05) is 17.7 Å². The van der Waals surface area contributed by atoms with Crippen LogP contribution in [0.3, 0.4) is 0 Å². The topological polar surface area (TPSA) is 49.4 Å². The Balaban J connectivity index is 1.38. The van der Waals surface area contributed by atoms with Crippen LogP contribution in [0.25, 0.3) is 0 Å². The maximum Gasteiger partial charge on any atom is 0.253 e. The Morgan fingerprint density at radius 3 is 2.36 bits per heavy atom. The molecule has 1 aliphatic heterocycles. The zero-order valence-electron chi connectivity index (χ0n) is 16.0. The second-order valence-corrected chi connectivity index (χ2v) is 8.19. The molecule has 1 heterocycles. The van der Waals surface area contributed by atoms with E-state index in [1.807, 2.05) is 0 Å². The van der Waals surface area contributed by atoms with Crippen molar-refractivity contribution in [2.75, 3.05) is 25.4 Å². The molecule has 0 unspecified atom stereocenters. The highest BCUT2D eigenvalue weighted by Crippen LogP contribution is 2.20. The number of likely N-dealkylation sites (tertiary alicyclic amines) is 1. The van der Waals surface area contributed by atoms with Gasteiger partial charge in [-0.15, -0.1) is 11.8 Å². The maximum absolute atomic E-state index is 13.0. The van der Waals surface area contributed by atoms with E-state index < -0.39 is 0 Å². The summed E-state index contributed by atoms with van der Waals surface area (Å²) in [6, 6.07) is 13.9. The normalized spacial score (nSPS) is 14.7. The molecule has 2 aromatic carbocycles. The highest BCUT2D eigenvalue weighted by atomic mass is 32.2. The molecule has 0 saturated carbocycles. The summed E-state index contributed by atoms with van der Waals surface area (Å²) in [7, 11) is 0. The molecule has 0 radical (unpaired) electrons. The van der Waals surface area contributed by atoms with Crippen molar-refractivity contribution in [2.24, 2.45) is 5.92 Å². The third-order valence-corrected chi connectivity index (χ3v) is 5.95. The van der Waals surface area contributed by atoms with Gasteiger partial charge >= 0.3 is 0 Å². The number of nitrogens with one attached hydrogen (secondary N) is 1. The van der Waals surface area contributed by atoms with Crippen molar-refractivity contribution in [3.63, 3.8) is 0 Å². The lowest BCUT2D eigenvalue weighted by atomic mass is 9.95. The minimum absolute atomic E-state index is 0.0540. The summed E-state index contributed by atoms with van der Waals surface area (Å²) >= 11 is 1.73. The highest BCUT2D eigenvalue weighted by Gasteiger charge is 2.27. The molecule has 1 saturated heterocycles. The first-order valence-corrected chi connectivity index (χ1v) is 10.5. The van der Waals surface area contributed by atoms with Gasteiger partial charge in [0.1, 0.15) is 5.82 Å². The molecule has 0 bridgehead atoms. The molecular formula is C22H25FN2O2S. The van der Waals surface area contributed by atoms with E-state index in [-0.39, 0.29) is 23.5 Å². The number of hydrogen-bond donors (Lipinski definition) is 1. The number of hydrogen-bond acceptors (Lipinski definition) is 3. The zero-order chi connectivity index (χ0) is 19.9. The molecule has 0 aromatic heterocycles. The third-order valence-electron chi connectivity index (χ3n) is 4.94. The number of nitrogens with zero attached hydrogens (tertiary/aromatic N) is 1. The second kappa shape index (κ2) is 9.73. The number of piperidine rings is 1. The first-order chi connectivity index (χ1) is 13.5. The molecule has 6 heteroatoms. The molecule has 0 aliphatic carbocycles. The number of rotatable bonds is 6. The summed E-state index contributed by atoms with van der Waals surface area (Å²) in [5, 5.41) is 3.01. The number of halogens is 1. The Kier molecular flexibility index (Phi) is 7.09. The molecule has 4 nitrogen and oxygen atoms in total. The van der Waals surface area contributed by atoms with E-state index in [1.54, 1.807) is 16.7 Å². The maximum atomic E-state index is 13.0. The van der Waals surface area contributed by atoms with Gasteiger partial charge in [-0.05, 0) is 56.2 Å². The molecule has 28 heavy (non-hydrogen) atoms. The molecule has 2 aromatic rings. The standard InChI is InChI=1S/C22H25FN2O2S/c1-16-2-8-20(9-3-16)28-15-12-24-21(26)17-10-13-25(14-11-17)22(27)18-4-6-19(23)7-5-18/h2-9,17H,10-15H2,1H3,(H,24,26). The van der Waals surface area contributed by atoms with Crippen LogP contribution in [0.2, 0.25) is 0 Å². The van der Waals surface area contributed by atoms with Crippen molar-refractivity contribution in [1.29, 1.82) is 0 Å². The average molecular weight is 401 g/mol. The summed E-state index contributed by atoms with van der Waals surface area (Å²) in [5.74, 6) is 0.386. The fraction of sp³-hybridized carbons (Fsp3) is 0.364. The van der Waals surface area contributed by atoms with Gasteiger partial charge in [-0.2, -0.15) is 0 Å². The molecule has 1 N–H and O–H groups in total. The Labute approximate surface area is 169 Å². The Morgan fingerprint density at radius 1 is 1.07 bits per heavy atom. The van der Waals surface area contributed by atoms with E-state index in [0.29, 0.717) is 38.0 Å². The molecule has 0 atom stereocenters. The summed E-state index contributed by atoms with van der Waals surface area (Å²) in [6.07, 6.45) is 1.31. The van der Waals surface area contributed by atoms with Gasteiger partial charge in [0, 0.05) is 41.8 Å². The van der Waals surface area contributed by atoms with Crippen molar-refractivity contribution in [2.45, 2.75) is 24.7 Å². The predicted molar refractivity (Wildman–Crippen MR) is 110 cm³/mol. The van der Waals surface area contributed by atoms with Crippen molar-refractivity contribution in [3.8, 4) is 0 Å². The van der Waals surface area contributed by atoms with Crippen molar-refractivity contribution in [3.05, 3.63) is 65.5 Å². The van der Waals surface area contributed by atoms with Crippen molar-refractivity contribution in [1.82, 2.24) is 10.2 Å². The third kappa shape index (κ3) is 5.58. The van der Waals surface area contributed by atoms with Crippen molar-refractivity contribution >= 4 is 23.6 Å². The minimum atomic E-state index is -0.354. The molecule has 1 fully saturated rings. The van der Waals surface area contributed by atoms with Crippen LogP contribution in [0.15, 0.2) is 53.4 Å². The molecular weight excluding hydrogens is 375 g/mol. The van der Waals surface area contributed by atoms with Gasteiger partial charge in [0.2, 0.25) is 5.91 Å². The van der Waals surface area contributed by atoms with Crippen LogP contribution in [0, 0.1) is 18.7 Å². The van der Waals surface area contributed by atoms with Crippen LogP contribution in [-0.4, -0.2) is 42.1 Å². The summed E-state index contributed by atoms with van der Waals surface area (Å²) in [6.45, 7) is 3.79. The Bertz CT molecular complexity index is 800. The van der Waals surface area contributed by atoms with Crippen LogP contribution in [0.1, 0.15) is 28.8 Å². The lowest BCUT2D eigenvalue weighted by molar-refractivity contribution is -0.126. The van der Waals surface area contributed by atoms with E-state index in [0.717, 1.165) is 5.75 Å². The quantitative estimate of drug-likeness (QED) is 0.591. The van der Waals surface area contributed by atoms with Crippen LogP contribution >= 0.6 is 11.8 Å². The number of amides is 2. The highest BCUT2D eigenvalue weighted by molar-refractivity contribution is 7.99. The SMILES string of the molecule is Cc1ccc(SCCNC(=O)C2CCN(C(=O)c3ccc(F)cc3)CC2)cc1. The monoisotopic (exact) mass is 400 g/mol. The summed E-state index contributed by atoms with van der Waals surface area (Å²) < 4.78 is 13.0. The fourth-order valence-electron chi connectivity index (χ4n) is 3.24. The van der Waals surface area contributed by atoms with Gasteiger partial charge in [-0.3, -0.25) is 9.59 Å². The molecule has 1 aliphatic rings. The first-order valence-electron chi connectivity index (χ1n) is 9.55. The molecule has 2 amide bonds. The lowest BCUT2D eigenvalue weighted by Crippen LogP contribution is -2.43. The Morgan fingerprint density at radius 2 is 1.71 bits per heavy atom. The van der Waals surface area contributed by atoms with Gasteiger partial charge in [0.05, 0.1) is 0 Å².